The van der Waals surface area contributed by atoms with E-state index in [1.54, 1.807) is 12.4 Å². The molecule has 3 unspecified atom stereocenters. The Labute approximate surface area is 114 Å². The zero-order valence-electron chi connectivity index (χ0n) is 11.5. The van der Waals surface area contributed by atoms with Crippen molar-refractivity contribution in [2.75, 3.05) is 13.1 Å². The van der Waals surface area contributed by atoms with Crippen molar-refractivity contribution in [1.82, 2.24) is 15.2 Å². The average molecular weight is 261 g/mol. The van der Waals surface area contributed by atoms with Gasteiger partial charge in [0.1, 0.15) is 0 Å². The van der Waals surface area contributed by atoms with Gasteiger partial charge in [0, 0.05) is 43.6 Å². The Bertz CT molecular complexity index is 407. The molecule has 0 aromatic carbocycles. The van der Waals surface area contributed by atoms with Crippen LogP contribution in [0.5, 0.6) is 0 Å². The minimum absolute atomic E-state index is 0.437. The molecule has 0 radical (unpaired) electrons. The van der Waals surface area contributed by atoms with Crippen LogP contribution in [0.2, 0.25) is 0 Å². The Hall–Kier alpha value is -0.970. The van der Waals surface area contributed by atoms with Crippen molar-refractivity contribution in [2.24, 2.45) is 0 Å². The standard InChI is InChI=1S/C15H23N3O/c1-11-8-13(10-18(11)14-2-3-14)17-9-15(19)12-4-6-16-7-5-12/h4-7,11,13-15,17,19H,2-3,8-10H2,1H3. The topological polar surface area (TPSA) is 48.4 Å². The molecule has 1 aromatic rings. The van der Waals surface area contributed by atoms with E-state index in [0.717, 1.165) is 18.2 Å². The van der Waals surface area contributed by atoms with Gasteiger partial charge < -0.3 is 10.4 Å². The lowest BCUT2D eigenvalue weighted by Crippen LogP contribution is -2.36. The van der Waals surface area contributed by atoms with Crippen molar-refractivity contribution in [1.29, 1.82) is 0 Å². The maximum Gasteiger partial charge on any atom is 0.0915 e. The average Bonchev–Trinajstić information content (AvgIpc) is 3.21. The van der Waals surface area contributed by atoms with Gasteiger partial charge >= 0.3 is 0 Å². The van der Waals surface area contributed by atoms with Crippen LogP contribution in [0.15, 0.2) is 24.5 Å². The minimum Gasteiger partial charge on any atom is -0.387 e. The molecule has 1 aliphatic carbocycles. The van der Waals surface area contributed by atoms with Crippen LogP contribution in [0.1, 0.15) is 37.9 Å². The van der Waals surface area contributed by atoms with Gasteiger partial charge in [-0.3, -0.25) is 9.88 Å². The highest BCUT2D eigenvalue weighted by Crippen LogP contribution is 2.33. The van der Waals surface area contributed by atoms with Crippen LogP contribution in [0.25, 0.3) is 0 Å². The van der Waals surface area contributed by atoms with Crippen molar-refractivity contribution < 1.29 is 5.11 Å². The summed E-state index contributed by atoms with van der Waals surface area (Å²) in [5.41, 5.74) is 0.938. The molecular formula is C15H23N3O. The molecule has 104 valence electrons. The van der Waals surface area contributed by atoms with Gasteiger partial charge in [-0.25, -0.2) is 0 Å². The predicted molar refractivity (Wildman–Crippen MR) is 74.8 cm³/mol. The molecule has 2 aliphatic rings. The van der Waals surface area contributed by atoms with Crippen molar-refractivity contribution in [3.05, 3.63) is 30.1 Å². The zero-order valence-corrected chi connectivity index (χ0v) is 11.5. The molecule has 19 heavy (non-hydrogen) atoms. The van der Waals surface area contributed by atoms with Gasteiger partial charge in [0.15, 0.2) is 0 Å². The van der Waals surface area contributed by atoms with Crippen LogP contribution in [-0.4, -0.2) is 46.2 Å². The van der Waals surface area contributed by atoms with Crippen molar-refractivity contribution >= 4 is 0 Å². The Morgan fingerprint density at radius 1 is 1.42 bits per heavy atom. The fraction of sp³-hybridized carbons (Fsp3) is 0.667. The fourth-order valence-electron chi connectivity index (χ4n) is 3.10. The van der Waals surface area contributed by atoms with Crippen molar-refractivity contribution in [3.8, 4) is 0 Å². The summed E-state index contributed by atoms with van der Waals surface area (Å²) in [6.07, 6.45) is 6.96. The van der Waals surface area contributed by atoms with E-state index < -0.39 is 6.10 Å². The lowest BCUT2D eigenvalue weighted by atomic mass is 10.1. The van der Waals surface area contributed by atoms with E-state index in [0.29, 0.717) is 18.6 Å². The summed E-state index contributed by atoms with van der Waals surface area (Å²) in [6, 6.07) is 5.79. The zero-order chi connectivity index (χ0) is 13.2. The van der Waals surface area contributed by atoms with Crippen LogP contribution in [-0.2, 0) is 0 Å². The minimum atomic E-state index is -0.437. The molecule has 1 saturated carbocycles. The quantitative estimate of drug-likeness (QED) is 0.839. The molecule has 0 amide bonds. The monoisotopic (exact) mass is 261 g/mol. The number of nitrogens with one attached hydrogen (secondary N) is 1. The maximum atomic E-state index is 10.1. The molecule has 1 saturated heterocycles. The molecule has 4 heteroatoms. The lowest BCUT2D eigenvalue weighted by Gasteiger charge is -2.20. The second-order valence-electron chi connectivity index (χ2n) is 5.91. The summed E-state index contributed by atoms with van der Waals surface area (Å²) < 4.78 is 0. The summed E-state index contributed by atoms with van der Waals surface area (Å²) >= 11 is 0. The van der Waals surface area contributed by atoms with Crippen LogP contribution in [0.3, 0.4) is 0 Å². The molecule has 3 rings (SSSR count). The summed E-state index contributed by atoms with van der Waals surface area (Å²) in [5, 5.41) is 13.6. The Kier molecular flexibility index (Phi) is 3.82. The van der Waals surface area contributed by atoms with E-state index >= 15 is 0 Å². The SMILES string of the molecule is CC1CC(NCC(O)c2ccncc2)CN1C1CC1. The van der Waals surface area contributed by atoms with E-state index in [1.165, 1.54) is 19.3 Å². The number of likely N-dealkylation sites (tertiary alicyclic amines) is 1. The van der Waals surface area contributed by atoms with Gasteiger partial charge in [0.25, 0.3) is 0 Å². The first-order valence-corrected chi connectivity index (χ1v) is 7.31. The highest BCUT2D eigenvalue weighted by Gasteiger charge is 2.38. The Balaban J connectivity index is 1.47. The third kappa shape index (κ3) is 3.14. The smallest absolute Gasteiger partial charge is 0.0915 e. The van der Waals surface area contributed by atoms with Gasteiger partial charge in [-0.1, -0.05) is 0 Å². The Morgan fingerprint density at radius 2 is 2.16 bits per heavy atom. The van der Waals surface area contributed by atoms with Gasteiger partial charge in [-0.05, 0) is 43.9 Å². The molecule has 1 aromatic heterocycles. The second kappa shape index (κ2) is 5.57. The third-order valence-electron chi connectivity index (χ3n) is 4.33. The van der Waals surface area contributed by atoms with E-state index in [4.69, 9.17) is 0 Å². The lowest BCUT2D eigenvalue weighted by molar-refractivity contribution is 0.169. The Morgan fingerprint density at radius 3 is 2.84 bits per heavy atom. The number of hydrogen-bond donors (Lipinski definition) is 2. The van der Waals surface area contributed by atoms with Gasteiger partial charge in [-0.2, -0.15) is 0 Å². The number of hydrogen-bond acceptors (Lipinski definition) is 4. The van der Waals surface area contributed by atoms with Crippen LogP contribution in [0, 0.1) is 0 Å². The summed E-state index contributed by atoms with van der Waals surface area (Å²) in [6.45, 7) is 4.08. The summed E-state index contributed by atoms with van der Waals surface area (Å²) in [7, 11) is 0. The van der Waals surface area contributed by atoms with Crippen LogP contribution in [0.4, 0.5) is 0 Å². The third-order valence-corrected chi connectivity index (χ3v) is 4.33. The van der Waals surface area contributed by atoms with E-state index in [9.17, 15) is 5.11 Å². The predicted octanol–water partition coefficient (Wildman–Crippen LogP) is 1.33. The van der Waals surface area contributed by atoms with Gasteiger partial charge in [0.05, 0.1) is 6.10 Å². The molecule has 2 heterocycles. The molecule has 0 bridgehead atoms. The first kappa shape index (κ1) is 13.0. The molecule has 0 spiro atoms. The molecule has 2 N–H and O–H groups in total. The molecule has 1 aliphatic heterocycles. The van der Waals surface area contributed by atoms with E-state index in [-0.39, 0.29) is 0 Å². The normalized spacial score (nSPS) is 29.6. The van der Waals surface area contributed by atoms with Gasteiger partial charge in [0.2, 0.25) is 0 Å². The first-order valence-electron chi connectivity index (χ1n) is 7.31. The number of nitrogens with zero attached hydrogens (tertiary/aromatic N) is 2. The maximum absolute atomic E-state index is 10.1. The molecule has 3 atom stereocenters. The van der Waals surface area contributed by atoms with E-state index in [2.05, 4.69) is 22.1 Å². The first-order chi connectivity index (χ1) is 9.24. The largest absolute Gasteiger partial charge is 0.387 e. The fourth-order valence-corrected chi connectivity index (χ4v) is 3.10. The van der Waals surface area contributed by atoms with Gasteiger partial charge in [-0.15, -0.1) is 0 Å². The second-order valence-corrected chi connectivity index (χ2v) is 5.91. The molecular weight excluding hydrogens is 238 g/mol. The highest BCUT2D eigenvalue weighted by atomic mass is 16.3. The van der Waals surface area contributed by atoms with Crippen LogP contribution < -0.4 is 5.32 Å². The number of rotatable bonds is 5. The van der Waals surface area contributed by atoms with Crippen LogP contribution >= 0.6 is 0 Å². The summed E-state index contributed by atoms with van der Waals surface area (Å²) in [4.78, 5) is 6.59. The molecule has 4 nitrogen and oxygen atoms in total. The number of aliphatic hydroxyl groups excluding tert-OH is 1. The van der Waals surface area contributed by atoms with E-state index in [1.807, 2.05) is 12.1 Å². The number of pyridine rings is 1. The number of aliphatic hydroxyl groups is 1. The van der Waals surface area contributed by atoms with Crippen molar-refractivity contribution in [3.63, 3.8) is 0 Å². The number of aromatic nitrogens is 1. The molecule has 2 fully saturated rings. The summed E-state index contributed by atoms with van der Waals surface area (Å²) in [5.74, 6) is 0. The van der Waals surface area contributed by atoms with Crippen molar-refractivity contribution in [2.45, 2.75) is 50.4 Å². The highest BCUT2D eigenvalue weighted by molar-refractivity contribution is 5.13.